The van der Waals surface area contributed by atoms with E-state index >= 15 is 0 Å². The SMILES string of the molecule is CC(C)Cc1noc(/C=C/c2cccc(N)c2)n1. The highest BCUT2D eigenvalue weighted by Gasteiger charge is 2.05. The van der Waals surface area contributed by atoms with Crippen molar-refractivity contribution in [3.8, 4) is 0 Å². The second kappa shape index (κ2) is 5.49. The maximum absolute atomic E-state index is 5.70. The lowest BCUT2D eigenvalue weighted by Crippen LogP contribution is -1.95. The van der Waals surface area contributed by atoms with E-state index in [0.29, 0.717) is 11.8 Å². The number of anilines is 1. The normalized spacial score (nSPS) is 11.5. The van der Waals surface area contributed by atoms with Crippen molar-refractivity contribution in [2.45, 2.75) is 20.3 Å². The molecule has 0 saturated heterocycles. The lowest BCUT2D eigenvalue weighted by Gasteiger charge is -1.95. The lowest BCUT2D eigenvalue weighted by molar-refractivity contribution is 0.399. The van der Waals surface area contributed by atoms with Gasteiger partial charge in [-0.05, 0) is 29.7 Å². The summed E-state index contributed by atoms with van der Waals surface area (Å²) in [6, 6.07) is 7.62. The lowest BCUT2D eigenvalue weighted by atomic mass is 10.1. The van der Waals surface area contributed by atoms with Gasteiger partial charge in [-0.1, -0.05) is 31.1 Å². The number of benzene rings is 1. The molecule has 2 aromatic rings. The van der Waals surface area contributed by atoms with E-state index < -0.39 is 0 Å². The predicted octanol–water partition coefficient (Wildman–Crippen LogP) is 3.02. The van der Waals surface area contributed by atoms with E-state index in [1.165, 1.54) is 0 Å². The summed E-state index contributed by atoms with van der Waals surface area (Å²) in [6.45, 7) is 4.25. The molecule has 2 N–H and O–H groups in total. The summed E-state index contributed by atoms with van der Waals surface area (Å²) in [5.74, 6) is 1.79. The molecule has 4 nitrogen and oxygen atoms in total. The minimum absolute atomic E-state index is 0.521. The molecule has 94 valence electrons. The molecule has 0 spiro atoms. The number of hydrogen-bond acceptors (Lipinski definition) is 4. The standard InChI is InChI=1S/C14H17N3O/c1-10(2)8-13-16-14(18-17-13)7-6-11-4-3-5-12(15)9-11/h3-7,9-10H,8,15H2,1-2H3/b7-6+. The van der Waals surface area contributed by atoms with Crippen LogP contribution in [0.25, 0.3) is 12.2 Å². The maximum Gasteiger partial charge on any atom is 0.250 e. The first kappa shape index (κ1) is 12.4. The van der Waals surface area contributed by atoms with E-state index in [1.807, 2.05) is 30.3 Å². The van der Waals surface area contributed by atoms with Crippen molar-refractivity contribution in [1.82, 2.24) is 10.1 Å². The van der Waals surface area contributed by atoms with Crippen LogP contribution in [0.15, 0.2) is 28.8 Å². The molecule has 0 bridgehead atoms. The van der Waals surface area contributed by atoms with Crippen molar-refractivity contribution < 1.29 is 4.52 Å². The summed E-state index contributed by atoms with van der Waals surface area (Å²) in [5, 5.41) is 3.92. The highest BCUT2D eigenvalue weighted by molar-refractivity contribution is 5.67. The Morgan fingerprint density at radius 2 is 2.17 bits per heavy atom. The minimum atomic E-state index is 0.521. The van der Waals surface area contributed by atoms with Crippen LogP contribution >= 0.6 is 0 Å². The fraction of sp³-hybridized carbons (Fsp3) is 0.286. The van der Waals surface area contributed by atoms with Crippen LogP contribution in [0.2, 0.25) is 0 Å². The van der Waals surface area contributed by atoms with Gasteiger partial charge in [-0.3, -0.25) is 0 Å². The molecule has 0 aliphatic rings. The average Bonchev–Trinajstić information content (AvgIpc) is 2.73. The summed E-state index contributed by atoms with van der Waals surface area (Å²) in [4.78, 5) is 4.29. The molecule has 0 aliphatic carbocycles. The van der Waals surface area contributed by atoms with Gasteiger partial charge in [-0.2, -0.15) is 4.98 Å². The maximum atomic E-state index is 5.70. The van der Waals surface area contributed by atoms with Crippen LogP contribution < -0.4 is 5.73 Å². The first-order valence-electron chi connectivity index (χ1n) is 5.99. The number of nitrogens with two attached hydrogens (primary N) is 1. The zero-order valence-corrected chi connectivity index (χ0v) is 10.6. The molecule has 2 rings (SSSR count). The monoisotopic (exact) mass is 243 g/mol. The van der Waals surface area contributed by atoms with E-state index in [0.717, 1.165) is 23.5 Å². The zero-order valence-electron chi connectivity index (χ0n) is 10.6. The zero-order chi connectivity index (χ0) is 13.0. The summed E-state index contributed by atoms with van der Waals surface area (Å²) in [5.41, 5.74) is 7.45. The molecular formula is C14H17N3O. The van der Waals surface area contributed by atoms with Crippen molar-refractivity contribution in [3.63, 3.8) is 0 Å². The highest BCUT2D eigenvalue weighted by atomic mass is 16.5. The number of nitrogen functional groups attached to an aromatic ring is 1. The van der Waals surface area contributed by atoms with Crippen molar-refractivity contribution in [2.75, 3.05) is 5.73 Å². The summed E-state index contributed by atoms with van der Waals surface area (Å²) in [7, 11) is 0. The third-order valence-electron chi connectivity index (χ3n) is 2.40. The Morgan fingerprint density at radius 1 is 1.33 bits per heavy atom. The molecule has 0 radical (unpaired) electrons. The Balaban J connectivity index is 2.07. The molecule has 18 heavy (non-hydrogen) atoms. The summed E-state index contributed by atoms with van der Waals surface area (Å²) in [6.07, 6.45) is 4.53. The largest absolute Gasteiger partial charge is 0.399 e. The molecule has 0 atom stereocenters. The third-order valence-corrected chi connectivity index (χ3v) is 2.40. The van der Waals surface area contributed by atoms with Crippen LogP contribution in [0, 0.1) is 5.92 Å². The summed E-state index contributed by atoms with van der Waals surface area (Å²) >= 11 is 0. The molecule has 1 aromatic carbocycles. The van der Waals surface area contributed by atoms with E-state index in [9.17, 15) is 0 Å². The molecule has 0 unspecified atom stereocenters. The molecule has 0 saturated carbocycles. The van der Waals surface area contributed by atoms with Crippen LogP contribution in [0.4, 0.5) is 5.69 Å². The predicted molar refractivity (Wildman–Crippen MR) is 72.6 cm³/mol. The molecule has 0 fully saturated rings. The minimum Gasteiger partial charge on any atom is -0.399 e. The summed E-state index contributed by atoms with van der Waals surface area (Å²) < 4.78 is 5.14. The molecule has 1 heterocycles. The highest BCUT2D eigenvalue weighted by Crippen LogP contribution is 2.11. The molecular weight excluding hydrogens is 226 g/mol. The average molecular weight is 243 g/mol. The molecule has 0 aliphatic heterocycles. The van der Waals surface area contributed by atoms with Crippen molar-refractivity contribution in [2.24, 2.45) is 5.92 Å². The van der Waals surface area contributed by atoms with Crippen LogP contribution in [0.3, 0.4) is 0 Å². The number of aromatic nitrogens is 2. The van der Waals surface area contributed by atoms with Gasteiger partial charge in [0.2, 0.25) is 0 Å². The Bertz CT molecular complexity index is 543. The van der Waals surface area contributed by atoms with Gasteiger partial charge in [0.25, 0.3) is 5.89 Å². The molecule has 1 aromatic heterocycles. The van der Waals surface area contributed by atoms with Gasteiger partial charge in [0.15, 0.2) is 5.82 Å². The quantitative estimate of drug-likeness (QED) is 0.838. The number of nitrogens with zero attached hydrogens (tertiary/aromatic N) is 2. The van der Waals surface area contributed by atoms with E-state index in [4.69, 9.17) is 10.3 Å². The van der Waals surface area contributed by atoms with Gasteiger partial charge in [0.1, 0.15) is 0 Å². The Hall–Kier alpha value is -2.10. The van der Waals surface area contributed by atoms with Crippen molar-refractivity contribution in [3.05, 3.63) is 41.5 Å². The van der Waals surface area contributed by atoms with Gasteiger partial charge in [-0.25, -0.2) is 0 Å². The van der Waals surface area contributed by atoms with Gasteiger partial charge >= 0.3 is 0 Å². The molecule has 0 amide bonds. The van der Waals surface area contributed by atoms with E-state index in [1.54, 1.807) is 6.08 Å². The van der Waals surface area contributed by atoms with Crippen molar-refractivity contribution >= 4 is 17.8 Å². The van der Waals surface area contributed by atoms with Crippen LogP contribution in [0.1, 0.15) is 31.1 Å². The van der Waals surface area contributed by atoms with Gasteiger partial charge in [0, 0.05) is 18.2 Å². The van der Waals surface area contributed by atoms with Crippen LogP contribution in [0.5, 0.6) is 0 Å². The first-order chi connectivity index (χ1) is 8.63. The smallest absolute Gasteiger partial charge is 0.250 e. The number of rotatable bonds is 4. The topological polar surface area (TPSA) is 64.9 Å². The van der Waals surface area contributed by atoms with E-state index in [-0.39, 0.29) is 0 Å². The number of hydrogen-bond donors (Lipinski definition) is 1. The Morgan fingerprint density at radius 3 is 2.89 bits per heavy atom. The second-order valence-corrected chi connectivity index (χ2v) is 4.65. The fourth-order valence-corrected chi connectivity index (χ4v) is 1.61. The van der Waals surface area contributed by atoms with Gasteiger partial charge in [0.05, 0.1) is 0 Å². The fourth-order valence-electron chi connectivity index (χ4n) is 1.61. The van der Waals surface area contributed by atoms with Gasteiger partial charge in [-0.15, -0.1) is 0 Å². The first-order valence-corrected chi connectivity index (χ1v) is 5.99. The Labute approximate surface area is 107 Å². The Kier molecular flexibility index (Phi) is 3.77. The van der Waals surface area contributed by atoms with Crippen LogP contribution in [-0.2, 0) is 6.42 Å². The van der Waals surface area contributed by atoms with Crippen molar-refractivity contribution in [1.29, 1.82) is 0 Å². The third kappa shape index (κ3) is 3.45. The van der Waals surface area contributed by atoms with Gasteiger partial charge < -0.3 is 10.3 Å². The second-order valence-electron chi connectivity index (χ2n) is 4.65. The molecule has 4 heteroatoms. The van der Waals surface area contributed by atoms with Crippen LogP contribution in [-0.4, -0.2) is 10.1 Å². The van der Waals surface area contributed by atoms with E-state index in [2.05, 4.69) is 24.0 Å².